The molecule has 0 aliphatic carbocycles. The van der Waals surface area contributed by atoms with Gasteiger partial charge >= 0.3 is 0 Å². The molecule has 0 bridgehead atoms. The van der Waals surface area contributed by atoms with Gasteiger partial charge in [0, 0.05) is 34.2 Å². The lowest BCUT2D eigenvalue weighted by Crippen LogP contribution is -2.14. The minimum absolute atomic E-state index is 0.258. The summed E-state index contributed by atoms with van der Waals surface area (Å²) in [6.07, 6.45) is 2.90. The molecule has 0 unspecified atom stereocenters. The van der Waals surface area contributed by atoms with Crippen LogP contribution in [0.1, 0.15) is 15.9 Å². The van der Waals surface area contributed by atoms with Gasteiger partial charge in [0.15, 0.2) is 5.82 Å². The number of hydrogen-bond donors (Lipinski definition) is 3. The van der Waals surface area contributed by atoms with Gasteiger partial charge in [-0.15, -0.1) is 10.2 Å². The summed E-state index contributed by atoms with van der Waals surface area (Å²) in [6.45, 7) is 0.729. The summed E-state index contributed by atoms with van der Waals surface area (Å²) in [5.74, 6) is 0.789. The maximum atomic E-state index is 12.2. The highest BCUT2D eigenvalue weighted by atomic mass is 35.5. The van der Waals surface area contributed by atoms with E-state index in [9.17, 15) is 4.79 Å². The number of aromatic amines is 1. The molecular weight excluding hydrogens is 374 g/mol. The van der Waals surface area contributed by atoms with E-state index in [1.54, 1.807) is 36.4 Å². The molecule has 2 aromatic heterocycles. The van der Waals surface area contributed by atoms with Crippen LogP contribution in [0.15, 0.2) is 66.9 Å². The number of nitrogens with one attached hydrogen (secondary N) is 3. The van der Waals surface area contributed by atoms with Crippen molar-refractivity contribution in [2.24, 2.45) is 0 Å². The molecule has 2 aromatic carbocycles. The molecule has 0 atom stereocenters. The standard InChI is InChI=1S/C21H18ClN5O/c22-16-7-5-14(6-8-16)21(28)25-20-10-9-19(26-27-20)23-12-11-15-13-24-18-4-2-1-3-17(15)18/h1-10,13,24H,11-12H2,(H,23,26)(H,25,27,28). The van der Waals surface area contributed by atoms with Gasteiger partial charge in [-0.25, -0.2) is 0 Å². The Kier molecular flexibility index (Phi) is 5.21. The molecule has 0 aliphatic rings. The van der Waals surface area contributed by atoms with E-state index in [0.717, 1.165) is 18.5 Å². The van der Waals surface area contributed by atoms with E-state index >= 15 is 0 Å². The maximum Gasteiger partial charge on any atom is 0.256 e. The number of fused-ring (bicyclic) bond motifs is 1. The third-order valence-corrected chi connectivity index (χ3v) is 4.64. The molecule has 28 heavy (non-hydrogen) atoms. The normalized spacial score (nSPS) is 10.8. The Hall–Kier alpha value is -3.38. The third-order valence-electron chi connectivity index (χ3n) is 4.39. The molecule has 0 saturated heterocycles. The molecule has 0 aliphatic heterocycles. The molecule has 0 saturated carbocycles. The van der Waals surface area contributed by atoms with E-state index < -0.39 is 0 Å². The predicted molar refractivity (Wildman–Crippen MR) is 112 cm³/mol. The molecule has 140 valence electrons. The number of nitrogens with zero attached hydrogens (tertiary/aromatic N) is 2. The molecule has 0 radical (unpaired) electrons. The van der Waals surface area contributed by atoms with Crippen molar-refractivity contribution < 1.29 is 4.79 Å². The van der Waals surface area contributed by atoms with Crippen molar-refractivity contribution >= 4 is 40.0 Å². The fourth-order valence-corrected chi connectivity index (χ4v) is 3.07. The first-order valence-corrected chi connectivity index (χ1v) is 9.26. The molecule has 0 fully saturated rings. The lowest BCUT2D eigenvalue weighted by Gasteiger charge is -2.07. The maximum absolute atomic E-state index is 12.2. The van der Waals surface area contributed by atoms with Gasteiger partial charge in [-0.3, -0.25) is 4.79 Å². The van der Waals surface area contributed by atoms with Gasteiger partial charge in [-0.1, -0.05) is 29.8 Å². The van der Waals surface area contributed by atoms with Crippen molar-refractivity contribution in [1.29, 1.82) is 0 Å². The van der Waals surface area contributed by atoms with E-state index in [1.165, 1.54) is 10.9 Å². The van der Waals surface area contributed by atoms with Crippen LogP contribution >= 0.6 is 11.6 Å². The van der Waals surface area contributed by atoms with Crippen LogP contribution in [0, 0.1) is 0 Å². The summed E-state index contributed by atoms with van der Waals surface area (Å²) in [6, 6.07) is 18.4. The largest absolute Gasteiger partial charge is 0.368 e. The number of benzene rings is 2. The number of carbonyl (C=O) groups excluding carboxylic acids is 1. The van der Waals surface area contributed by atoms with Gasteiger partial charge in [0.05, 0.1) is 0 Å². The summed E-state index contributed by atoms with van der Waals surface area (Å²) in [5, 5.41) is 15.9. The Morgan fingerprint density at radius 1 is 0.964 bits per heavy atom. The first-order chi connectivity index (χ1) is 13.7. The van der Waals surface area contributed by atoms with Crippen molar-refractivity contribution in [3.8, 4) is 0 Å². The summed E-state index contributed by atoms with van der Waals surface area (Å²) >= 11 is 5.83. The van der Waals surface area contributed by atoms with Crippen LogP contribution in [0.5, 0.6) is 0 Å². The van der Waals surface area contributed by atoms with Crippen molar-refractivity contribution in [3.05, 3.63) is 83.0 Å². The van der Waals surface area contributed by atoms with Crippen molar-refractivity contribution in [1.82, 2.24) is 15.2 Å². The quantitative estimate of drug-likeness (QED) is 0.451. The highest BCUT2D eigenvalue weighted by molar-refractivity contribution is 6.30. The SMILES string of the molecule is O=C(Nc1ccc(NCCc2c[nH]c3ccccc23)nn1)c1ccc(Cl)cc1. The molecule has 2 heterocycles. The zero-order chi connectivity index (χ0) is 19.3. The summed E-state index contributed by atoms with van der Waals surface area (Å²) in [7, 11) is 0. The number of anilines is 2. The van der Waals surface area contributed by atoms with Gasteiger partial charge < -0.3 is 15.6 Å². The Balaban J connectivity index is 1.32. The van der Waals surface area contributed by atoms with Gasteiger partial charge in [0.2, 0.25) is 0 Å². The third kappa shape index (κ3) is 4.13. The average molecular weight is 392 g/mol. The second-order valence-corrected chi connectivity index (χ2v) is 6.74. The van der Waals surface area contributed by atoms with Gasteiger partial charge in [0.25, 0.3) is 5.91 Å². The molecule has 0 spiro atoms. The number of carbonyl (C=O) groups is 1. The number of para-hydroxylation sites is 1. The highest BCUT2D eigenvalue weighted by Gasteiger charge is 2.07. The summed E-state index contributed by atoms with van der Waals surface area (Å²) in [5.41, 5.74) is 2.90. The van der Waals surface area contributed by atoms with E-state index in [1.807, 2.05) is 18.3 Å². The highest BCUT2D eigenvalue weighted by Crippen LogP contribution is 2.18. The number of rotatable bonds is 6. The van der Waals surface area contributed by atoms with Crippen LogP contribution in [0.25, 0.3) is 10.9 Å². The van der Waals surface area contributed by atoms with E-state index in [-0.39, 0.29) is 5.91 Å². The monoisotopic (exact) mass is 391 g/mol. The minimum Gasteiger partial charge on any atom is -0.368 e. The van der Waals surface area contributed by atoms with Crippen LogP contribution in [0.3, 0.4) is 0 Å². The van der Waals surface area contributed by atoms with Crippen LogP contribution in [-0.4, -0.2) is 27.6 Å². The van der Waals surface area contributed by atoms with Crippen LogP contribution in [-0.2, 0) is 6.42 Å². The minimum atomic E-state index is -0.258. The van der Waals surface area contributed by atoms with Gasteiger partial charge in [-0.05, 0) is 54.4 Å². The summed E-state index contributed by atoms with van der Waals surface area (Å²) in [4.78, 5) is 15.5. The average Bonchev–Trinajstić information content (AvgIpc) is 3.13. The Morgan fingerprint density at radius 2 is 1.71 bits per heavy atom. The van der Waals surface area contributed by atoms with Gasteiger partial charge in [0.1, 0.15) is 5.82 Å². The number of halogens is 1. The fraction of sp³-hybridized carbons (Fsp3) is 0.0952. The Labute approximate surface area is 167 Å². The summed E-state index contributed by atoms with van der Waals surface area (Å²) < 4.78 is 0. The Morgan fingerprint density at radius 3 is 2.50 bits per heavy atom. The lowest BCUT2D eigenvalue weighted by atomic mass is 10.1. The first kappa shape index (κ1) is 18.0. The van der Waals surface area contributed by atoms with Crippen molar-refractivity contribution in [2.45, 2.75) is 6.42 Å². The second kappa shape index (κ2) is 8.10. The van der Waals surface area contributed by atoms with Crippen molar-refractivity contribution in [2.75, 3.05) is 17.2 Å². The zero-order valence-electron chi connectivity index (χ0n) is 14.9. The zero-order valence-corrected chi connectivity index (χ0v) is 15.7. The van der Waals surface area contributed by atoms with E-state index in [2.05, 4.69) is 37.9 Å². The number of amides is 1. The van der Waals surface area contributed by atoms with Crippen LogP contribution < -0.4 is 10.6 Å². The van der Waals surface area contributed by atoms with Crippen LogP contribution in [0.4, 0.5) is 11.6 Å². The smallest absolute Gasteiger partial charge is 0.256 e. The van der Waals surface area contributed by atoms with E-state index in [0.29, 0.717) is 22.2 Å². The number of H-pyrrole nitrogens is 1. The van der Waals surface area contributed by atoms with Crippen molar-refractivity contribution in [3.63, 3.8) is 0 Å². The molecule has 3 N–H and O–H groups in total. The first-order valence-electron chi connectivity index (χ1n) is 8.88. The fourth-order valence-electron chi connectivity index (χ4n) is 2.95. The number of aromatic nitrogens is 3. The molecule has 7 heteroatoms. The molecular formula is C21H18ClN5O. The van der Waals surface area contributed by atoms with Gasteiger partial charge in [-0.2, -0.15) is 0 Å². The molecule has 6 nitrogen and oxygen atoms in total. The van der Waals surface area contributed by atoms with E-state index in [4.69, 9.17) is 11.6 Å². The molecule has 4 rings (SSSR count). The lowest BCUT2D eigenvalue weighted by molar-refractivity contribution is 0.102. The number of hydrogen-bond acceptors (Lipinski definition) is 4. The predicted octanol–water partition coefficient (Wildman–Crippen LogP) is 4.52. The molecule has 4 aromatic rings. The van der Waals surface area contributed by atoms with Crippen LogP contribution in [0.2, 0.25) is 5.02 Å². The Bertz CT molecular complexity index is 1090. The molecule has 1 amide bonds. The second-order valence-electron chi connectivity index (χ2n) is 6.30. The topological polar surface area (TPSA) is 82.7 Å².